The molecule has 0 saturated carbocycles. The normalized spacial score (nSPS) is 14.5. The van der Waals surface area contributed by atoms with E-state index < -0.39 is 0 Å². The van der Waals surface area contributed by atoms with E-state index in [4.69, 9.17) is 9.47 Å². The van der Waals surface area contributed by atoms with Crippen LogP contribution in [0.3, 0.4) is 0 Å². The van der Waals surface area contributed by atoms with Gasteiger partial charge < -0.3 is 9.47 Å². The minimum atomic E-state index is 0.202. The fraction of sp³-hybridized carbons (Fsp3) is 0.333. The van der Waals surface area contributed by atoms with Crippen LogP contribution in [0.25, 0.3) is 0 Å². The summed E-state index contributed by atoms with van der Waals surface area (Å²) < 4.78 is 10.3. The Morgan fingerprint density at radius 2 is 2.38 bits per heavy atom. The lowest BCUT2D eigenvalue weighted by Crippen LogP contribution is -2.11. The summed E-state index contributed by atoms with van der Waals surface area (Å²) in [7, 11) is 0. The fourth-order valence-corrected chi connectivity index (χ4v) is 1.32. The first-order valence-electron chi connectivity index (χ1n) is 4.01. The molecule has 1 aliphatic heterocycles. The molecule has 68 valence electrons. The van der Waals surface area contributed by atoms with Gasteiger partial charge in [-0.15, -0.1) is 0 Å². The number of hydrogen-bond donors (Lipinski definition) is 0. The predicted molar refractivity (Wildman–Crippen MR) is 46.2 cm³/mol. The van der Waals surface area contributed by atoms with Gasteiger partial charge in [0.05, 0.1) is 6.61 Å². The molecule has 4 nitrogen and oxygen atoms in total. The molecule has 0 aliphatic carbocycles. The fourth-order valence-electron chi connectivity index (χ4n) is 1.32. The topological polar surface area (TPSA) is 47.9 Å². The van der Waals surface area contributed by atoms with E-state index >= 15 is 0 Å². The second-order valence-corrected chi connectivity index (χ2v) is 2.84. The summed E-state index contributed by atoms with van der Waals surface area (Å²) in [5.41, 5.74) is 1.87. The Hall–Kier alpha value is -1.42. The number of ether oxygens (including phenoxy) is 2. The van der Waals surface area contributed by atoms with Crippen LogP contribution in [0.4, 0.5) is 0 Å². The van der Waals surface area contributed by atoms with E-state index in [1.807, 2.05) is 18.2 Å². The first-order valence-corrected chi connectivity index (χ1v) is 4.01. The molecule has 1 aromatic carbocycles. The van der Waals surface area contributed by atoms with Crippen molar-refractivity contribution < 1.29 is 9.47 Å². The Balaban J connectivity index is 2.29. The summed E-state index contributed by atoms with van der Waals surface area (Å²) in [6.45, 7) is 1.05. The van der Waals surface area contributed by atoms with E-state index in [0.29, 0.717) is 13.4 Å². The number of benzene rings is 1. The lowest BCUT2D eigenvalue weighted by atomic mass is 10.1. The molecule has 0 radical (unpaired) electrons. The summed E-state index contributed by atoms with van der Waals surface area (Å²) in [5, 5.41) is 2.82. The third-order valence-electron chi connectivity index (χ3n) is 1.93. The van der Waals surface area contributed by atoms with Gasteiger partial charge in [-0.3, -0.25) is 0 Å². The average molecular weight is 179 g/mol. The molecule has 0 atom stereocenters. The van der Waals surface area contributed by atoms with E-state index in [0.717, 1.165) is 16.9 Å². The minimum Gasteiger partial charge on any atom is -0.467 e. The van der Waals surface area contributed by atoms with E-state index in [1.165, 1.54) is 0 Å². The van der Waals surface area contributed by atoms with Gasteiger partial charge in [-0.25, -0.2) is 0 Å². The van der Waals surface area contributed by atoms with E-state index in [2.05, 4.69) is 5.18 Å². The molecule has 0 aromatic heterocycles. The van der Waals surface area contributed by atoms with Gasteiger partial charge in [0.15, 0.2) is 6.79 Å². The average Bonchev–Trinajstić information content (AvgIpc) is 2.18. The van der Waals surface area contributed by atoms with Crippen LogP contribution in [0.15, 0.2) is 23.4 Å². The lowest BCUT2D eigenvalue weighted by molar-refractivity contribution is -0.0164. The number of nitrogens with zero attached hydrogens (tertiary/aromatic N) is 1. The Morgan fingerprint density at radius 1 is 1.46 bits per heavy atom. The van der Waals surface area contributed by atoms with Crippen LogP contribution in [0, 0.1) is 4.91 Å². The highest BCUT2D eigenvalue weighted by molar-refractivity contribution is 5.37. The molecule has 0 spiro atoms. The molecular formula is C9H9NO3. The highest BCUT2D eigenvalue weighted by atomic mass is 16.7. The quantitative estimate of drug-likeness (QED) is 0.650. The number of rotatable bonds is 2. The molecule has 4 heteroatoms. The molecule has 0 N–H and O–H groups in total. The highest BCUT2D eigenvalue weighted by Gasteiger charge is 2.10. The van der Waals surface area contributed by atoms with Crippen LogP contribution < -0.4 is 4.74 Å². The molecule has 0 amide bonds. The zero-order valence-corrected chi connectivity index (χ0v) is 7.03. The molecular weight excluding hydrogens is 170 g/mol. The molecule has 1 aromatic rings. The van der Waals surface area contributed by atoms with Crippen LogP contribution in [0.1, 0.15) is 11.1 Å². The van der Waals surface area contributed by atoms with Gasteiger partial charge in [0.25, 0.3) is 0 Å². The summed E-state index contributed by atoms with van der Waals surface area (Å²) in [5.74, 6) is 0.834. The van der Waals surface area contributed by atoms with Crippen molar-refractivity contribution in [1.29, 1.82) is 0 Å². The first-order chi connectivity index (χ1) is 6.40. The van der Waals surface area contributed by atoms with Gasteiger partial charge in [-0.1, -0.05) is 11.2 Å². The van der Waals surface area contributed by atoms with Crippen molar-refractivity contribution in [3.8, 4) is 5.75 Å². The standard InChI is InChI=1S/C9H9NO3/c11-10-4-7-1-2-9-8(3-7)5-12-6-13-9/h1-3H,4-6H2. The third-order valence-corrected chi connectivity index (χ3v) is 1.93. The predicted octanol–water partition coefficient (Wildman–Crippen LogP) is 1.82. The molecule has 0 saturated heterocycles. The second-order valence-electron chi connectivity index (χ2n) is 2.84. The Labute approximate surface area is 75.4 Å². The van der Waals surface area contributed by atoms with Crippen molar-refractivity contribution in [3.63, 3.8) is 0 Å². The number of fused-ring (bicyclic) bond motifs is 1. The van der Waals surface area contributed by atoms with E-state index in [1.54, 1.807) is 0 Å². The number of nitroso groups, excluding NO2 is 1. The van der Waals surface area contributed by atoms with Crippen molar-refractivity contribution in [2.45, 2.75) is 13.2 Å². The number of hydrogen-bond acceptors (Lipinski definition) is 4. The zero-order valence-electron chi connectivity index (χ0n) is 7.03. The Bertz CT molecular complexity index is 325. The Kier molecular flexibility index (Phi) is 2.23. The van der Waals surface area contributed by atoms with Crippen LogP contribution in [-0.2, 0) is 17.9 Å². The smallest absolute Gasteiger partial charge is 0.189 e. The molecule has 2 rings (SSSR count). The molecule has 1 aliphatic rings. The van der Waals surface area contributed by atoms with Gasteiger partial charge in [-0.05, 0) is 17.7 Å². The first kappa shape index (κ1) is 8.19. The SMILES string of the molecule is O=NCc1ccc2c(c1)COCO2. The monoisotopic (exact) mass is 179 g/mol. The summed E-state index contributed by atoms with van der Waals surface area (Å²) in [4.78, 5) is 10.0. The van der Waals surface area contributed by atoms with Crippen molar-refractivity contribution in [3.05, 3.63) is 34.2 Å². The molecule has 0 unspecified atom stereocenters. The van der Waals surface area contributed by atoms with Crippen molar-refractivity contribution in [2.24, 2.45) is 5.18 Å². The van der Waals surface area contributed by atoms with Crippen LogP contribution in [-0.4, -0.2) is 6.79 Å². The van der Waals surface area contributed by atoms with Crippen molar-refractivity contribution in [1.82, 2.24) is 0 Å². The summed E-state index contributed by atoms with van der Waals surface area (Å²) in [6, 6.07) is 5.57. The minimum absolute atomic E-state index is 0.202. The van der Waals surface area contributed by atoms with Gasteiger partial charge in [0.2, 0.25) is 0 Å². The van der Waals surface area contributed by atoms with Crippen molar-refractivity contribution in [2.75, 3.05) is 6.79 Å². The Morgan fingerprint density at radius 3 is 3.23 bits per heavy atom. The molecule has 0 fully saturated rings. The van der Waals surface area contributed by atoms with Gasteiger partial charge >= 0.3 is 0 Å². The molecule has 0 bridgehead atoms. The zero-order chi connectivity index (χ0) is 9.10. The maximum atomic E-state index is 10.0. The van der Waals surface area contributed by atoms with Crippen molar-refractivity contribution >= 4 is 0 Å². The van der Waals surface area contributed by atoms with Gasteiger partial charge in [0.1, 0.15) is 12.3 Å². The van der Waals surface area contributed by atoms with Gasteiger partial charge in [0, 0.05) is 5.56 Å². The largest absolute Gasteiger partial charge is 0.467 e. The van der Waals surface area contributed by atoms with Crippen LogP contribution in [0.5, 0.6) is 5.75 Å². The summed E-state index contributed by atoms with van der Waals surface area (Å²) in [6.07, 6.45) is 0. The van der Waals surface area contributed by atoms with Crippen LogP contribution in [0.2, 0.25) is 0 Å². The van der Waals surface area contributed by atoms with Gasteiger partial charge in [-0.2, -0.15) is 4.91 Å². The maximum absolute atomic E-state index is 10.0. The van der Waals surface area contributed by atoms with E-state index in [-0.39, 0.29) is 6.54 Å². The highest BCUT2D eigenvalue weighted by Crippen LogP contribution is 2.24. The third kappa shape index (κ3) is 1.67. The maximum Gasteiger partial charge on any atom is 0.189 e. The summed E-state index contributed by atoms with van der Waals surface area (Å²) >= 11 is 0. The molecule has 1 heterocycles. The van der Waals surface area contributed by atoms with Crippen LogP contribution >= 0.6 is 0 Å². The lowest BCUT2D eigenvalue weighted by Gasteiger charge is -2.17. The van der Waals surface area contributed by atoms with E-state index in [9.17, 15) is 4.91 Å². The molecule has 13 heavy (non-hydrogen) atoms. The second kappa shape index (κ2) is 3.53.